The van der Waals surface area contributed by atoms with Gasteiger partial charge in [0, 0.05) is 19.7 Å². The predicted molar refractivity (Wildman–Crippen MR) is 88.9 cm³/mol. The van der Waals surface area contributed by atoms with Gasteiger partial charge in [0.2, 0.25) is 10.0 Å². The third-order valence-electron chi connectivity index (χ3n) is 2.52. The van der Waals surface area contributed by atoms with E-state index in [0.29, 0.717) is 6.54 Å². The van der Waals surface area contributed by atoms with Gasteiger partial charge in [-0.15, -0.1) is 0 Å². The Bertz CT molecular complexity index is 601. The highest BCUT2D eigenvalue weighted by atomic mass is 32.2. The Morgan fingerprint density at radius 3 is 2.09 bits per heavy atom. The molecule has 0 bridgehead atoms. The lowest BCUT2D eigenvalue weighted by Gasteiger charge is -2.08. The summed E-state index contributed by atoms with van der Waals surface area (Å²) in [5, 5.41) is 10.4. The summed E-state index contributed by atoms with van der Waals surface area (Å²) in [4.78, 5) is 20.8. The molecule has 0 radical (unpaired) electrons. The molecule has 9 heteroatoms. The Morgan fingerprint density at radius 1 is 1.30 bits per heavy atom. The Hall–Kier alpha value is -2.00. The number of sulfonamides is 1. The average molecular weight is 348 g/mol. The quantitative estimate of drug-likeness (QED) is 0.469. The van der Waals surface area contributed by atoms with Crippen LogP contribution in [-0.2, 0) is 14.8 Å². The molecule has 0 amide bonds. The summed E-state index contributed by atoms with van der Waals surface area (Å²) in [6.07, 6.45) is 1.19. The van der Waals surface area contributed by atoms with Gasteiger partial charge in [0.25, 0.3) is 5.69 Å². The molecule has 8 nitrogen and oxygen atoms in total. The highest BCUT2D eigenvalue weighted by Gasteiger charge is 2.18. The van der Waals surface area contributed by atoms with Crippen LogP contribution in [0.4, 0.5) is 5.69 Å². The molecule has 1 rings (SSSR count). The second kappa shape index (κ2) is 11.6. The summed E-state index contributed by atoms with van der Waals surface area (Å²) in [5.74, 6) is -0.702. The highest BCUT2D eigenvalue weighted by Crippen LogP contribution is 2.17. The van der Waals surface area contributed by atoms with Gasteiger partial charge in [-0.2, -0.15) is 0 Å². The summed E-state index contributed by atoms with van der Waals surface area (Å²) in [5.41, 5.74) is -0.274. The van der Waals surface area contributed by atoms with Crippen molar-refractivity contribution in [3.63, 3.8) is 0 Å². The number of rotatable bonds is 4. The Morgan fingerprint density at radius 2 is 1.78 bits per heavy atom. The fourth-order valence-electron chi connectivity index (χ4n) is 1.15. The van der Waals surface area contributed by atoms with Gasteiger partial charge in [-0.3, -0.25) is 10.1 Å². The van der Waals surface area contributed by atoms with Crippen LogP contribution in [0.3, 0.4) is 0 Å². The number of nitrogens with zero attached hydrogens (tertiary/aromatic N) is 2. The van der Waals surface area contributed by atoms with Crippen molar-refractivity contribution in [2.75, 3.05) is 27.0 Å². The molecular formula is C14H24N2O6S. The van der Waals surface area contributed by atoms with Crippen LogP contribution in [0.15, 0.2) is 24.3 Å². The Labute approximate surface area is 137 Å². The van der Waals surface area contributed by atoms with E-state index in [1.54, 1.807) is 20.0 Å². The number of nitro groups is 1. The van der Waals surface area contributed by atoms with Crippen molar-refractivity contribution >= 4 is 21.7 Å². The molecule has 0 aliphatic rings. The van der Waals surface area contributed by atoms with Crippen molar-refractivity contribution in [1.29, 1.82) is 0 Å². The number of carbonyl (C=O) groups excluding carboxylic acids is 1. The predicted octanol–water partition coefficient (Wildman–Crippen LogP) is 2.31. The normalized spacial score (nSPS) is 9.87. The first-order valence-corrected chi connectivity index (χ1v) is 8.73. The van der Waals surface area contributed by atoms with Crippen molar-refractivity contribution in [3.05, 3.63) is 39.9 Å². The van der Waals surface area contributed by atoms with E-state index in [4.69, 9.17) is 0 Å². The van der Waals surface area contributed by atoms with Crippen LogP contribution in [0.2, 0.25) is 0 Å². The van der Waals surface area contributed by atoms with Crippen molar-refractivity contribution in [2.24, 2.45) is 0 Å². The van der Waals surface area contributed by atoms with Crippen LogP contribution in [0.25, 0.3) is 0 Å². The molecule has 1 aromatic rings. The van der Waals surface area contributed by atoms with Gasteiger partial charge < -0.3 is 4.74 Å². The zero-order valence-corrected chi connectivity index (χ0v) is 15.1. The number of methoxy groups -OCH3 is 1. The molecule has 0 aromatic heterocycles. The zero-order valence-electron chi connectivity index (χ0n) is 14.3. The first kappa shape index (κ1) is 23.3. The summed E-state index contributed by atoms with van der Waals surface area (Å²) >= 11 is 0. The van der Waals surface area contributed by atoms with Gasteiger partial charge in [0.15, 0.2) is 0 Å². The maximum Gasteiger partial charge on any atom is 0.344 e. The van der Waals surface area contributed by atoms with Crippen molar-refractivity contribution in [2.45, 2.75) is 20.8 Å². The molecule has 0 saturated heterocycles. The highest BCUT2D eigenvalue weighted by molar-refractivity contribution is 7.88. The second-order valence-electron chi connectivity index (χ2n) is 3.94. The number of esters is 1. The molecular weight excluding hydrogens is 324 g/mol. The molecule has 23 heavy (non-hydrogen) atoms. The largest absolute Gasteiger partial charge is 0.465 e. The third kappa shape index (κ3) is 8.89. The maximum atomic E-state index is 11.0. The minimum atomic E-state index is -2.92. The van der Waals surface area contributed by atoms with Gasteiger partial charge in [0.1, 0.15) is 5.56 Å². The molecule has 0 atom stereocenters. The molecule has 0 aliphatic carbocycles. The summed E-state index contributed by atoms with van der Waals surface area (Å²) in [7, 11) is -0.189. The minimum Gasteiger partial charge on any atom is -0.465 e. The minimum absolute atomic E-state index is 0.0324. The number of carbonyl (C=O) groups is 1. The number of ether oxygens (including phenoxy) is 1. The SMILES string of the molecule is CC.CCN(C)S(C)(=O)=O.COC(=O)c1ccccc1[N+](=O)[O-]. The molecule has 0 fully saturated rings. The first-order chi connectivity index (χ1) is 10.6. The van der Waals surface area contributed by atoms with E-state index < -0.39 is 20.9 Å². The van der Waals surface area contributed by atoms with Gasteiger partial charge in [0.05, 0.1) is 18.3 Å². The van der Waals surface area contributed by atoms with E-state index in [2.05, 4.69) is 4.74 Å². The number of hydrogen-bond donors (Lipinski definition) is 0. The number of hydrogen-bond acceptors (Lipinski definition) is 6. The van der Waals surface area contributed by atoms with Gasteiger partial charge >= 0.3 is 5.97 Å². The van der Waals surface area contributed by atoms with Crippen LogP contribution < -0.4 is 0 Å². The maximum absolute atomic E-state index is 11.0. The second-order valence-corrected chi connectivity index (χ2v) is 6.03. The Balaban J connectivity index is 0. The lowest BCUT2D eigenvalue weighted by atomic mass is 10.2. The monoisotopic (exact) mass is 348 g/mol. The number of para-hydroxylation sites is 1. The lowest BCUT2D eigenvalue weighted by molar-refractivity contribution is -0.385. The molecule has 0 aliphatic heterocycles. The molecule has 0 heterocycles. The van der Waals surface area contributed by atoms with E-state index in [9.17, 15) is 23.3 Å². The lowest BCUT2D eigenvalue weighted by Crippen LogP contribution is -2.24. The zero-order chi connectivity index (χ0) is 18.6. The van der Waals surface area contributed by atoms with E-state index in [1.807, 2.05) is 13.8 Å². The number of nitro benzene ring substituents is 1. The van der Waals surface area contributed by atoms with Crippen LogP contribution in [-0.4, -0.2) is 50.6 Å². The standard InChI is InChI=1S/C8H7NO4.C4H11NO2S.C2H6/c1-13-8(10)6-4-2-3-5-7(6)9(11)12;1-4-5(2)8(3,6)7;1-2/h2-5H,1H3;4H2,1-3H3;1-2H3. The molecule has 0 unspecified atom stereocenters. The van der Waals surface area contributed by atoms with Gasteiger partial charge in [-0.05, 0) is 6.07 Å². The summed E-state index contributed by atoms with van der Waals surface area (Å²) in [6.45, 7) is 6.33. The average Bonchev–Trinajstić information content (AvgIpc) is 2.54. The molecule has 0 N–H and O–H groups in total. The van der Waals surface area contributed by atoms with E-state index in [-0.39, 0.29) is 11.3 Å². The van der Waals surface area contributed by atoms with Crippen molar-refractivity contribution in [3.8, 4) is 0 Å². The van der Waals surface area contributed by atoms with Gasteiger partial charge in [-0.25, -0.2) is 17.5 Å². The number of benzene rings is 1. The third-order valence-corrected chi connectivity index (χ3v) is 3.91. The summed E-state index contributed by atoms with van der Waals surface area (Å²) in [6, 6.07) is 5.64. The van der Waals surface area contributed by atoms with Crippen molar-refractivity contribution < 1.29 is 22.9 Å². The van der Waals surface area contributed by atoms with E-state index >= 15 is 0 Å². The molecule has 132 valence electrons. The van der Waals surface area contributed by atoms with Crippen LogP contribution in [0.5, 0.6) is 0 Å². The molecule has 1 aromatic carbocycles. The molecule has 0 spiro atoms. The topological polar surface area (TPSA) is 107 Å². The van der Waals surface area contributed by atoms with Crippen molar-refractivity contribution in [1.82, 2.24) is 4.31 Å². The molecule has 0 saturated carbocycles. The Kier molecular flexibility index (Phi) is 11.7. The summed E-state index contributed by atoms with van der Waals surface area (Å²) < 4.78 is 26.6. The van der Waals surface area contributed by atoms with Crippen LogP contribution >= 0.6 is 0 Å². The van der Waals surface area contributed by atoms with E-state index in [0.717, 1.165) is 0 Å². The van der Waals surface area contributed by atoms with Crippen LogP contribution in [0, 0.1) is 10.1 Å². The van der Waals surface area contributed by atoms with Gasteiger partial charge in [-0.1, -0.05) is 32.9 Å². The fourth-order valence-corrected chi connectivity index (χ4v) is 1.62. The smallest absolute Gasteiger partial charge is 0.344 e. The van der Waals surface area contributed by atoms with E-state index in [1.165, 1.54) is 35.9 Å². The van der Waals surface area contributed by atoms with Crippen LogP contribution in [0.1, 0.15) is 31.1 Å². The first-order valence-electron chi connectivity index (χ1n) is 6.88. The fraction of sp³-hybridized carbons (Fsp3) is 0.500.